The summed E-state index contributed by atoms with van der Waals surface area (Å²) < 4.78 is 42.7. The SMILES string of the molecule is C=CCC(C)NC(=O)c1cnn(-c2ccc3c4c(cccc24)C(=O)N3)c1C(F)(F)F. The van der Waals surface area contributed by atoms with E-state index in [1.165, 1.54) is 12.1 Å². The van der Waals surface area contributed by atoms with Crippen LogP contribution in [0.2, 0.25) is 0 Å². The molecule has 0 radical (unpaired) electrons. The Balaban J connectivity index is 1.88. The molecule has 6 nitrogen and oxygen atoms in total. The number of carbonyl (C=O) groups is 2. The molecule has 3 aromatic rings. The van der Waals surface area contributed by atoms with Gasteiger partial charge in [-0.15, -0.1) is 6.58 Å². The molecule has 154 valence electrons. The number of alkyl halides is 3. The monoisotopic (exact) mass is 414 g/mol. The fraction of sp³-hybridized carbons (Fsp3) is 0.190. The van der Waals surface area contributed by atoms with Gasteiger partial charge in [0.25, 0.3) is 11.8 Å². The summed E-state index contributed by atoms with van der Waals surface area (Å²) in [5.74, 6) is -1.19. The van der Waals surface area contributed by atoms with Crippen LogP contribution in [-0.4, -0.2) is 27.6 Å². The third-order valence-electron chi connectivity index (χ3n) is 4.92. The molecule has 30 heavy (non-hydrogen) atoms. The fourth-order valence-electron chi connectivity index (χ4n) is 3.64. The van der Waals surface area contributed by atoms with Gasteiger partial charge in [-0.2, -0.15) is 18.3 Å². The van der Waals surface area contributed by atoms with Crippen molar-refractivity contribution in [3.63, 3.8) is 0 Å². The van der Waals surface area contributed by atoms with Gasteiger partial charge in [0.2, 0.25) is 0 Å². The standard InChI is InChI=1S/C21H17F3N4O2/c1-3-5-11(2)26-20(30)14-10-25-28(18(14)21(22,23)24)16-9-8-15-17-12(16)6-4-7-13(17)19(29)27-15/h3-4,6-11H,1,5H2,2H3,(H,26,30)(H,27,29). The summed E-state index contributed by atoms with van der Waals surface area (Å²) in [7, 11) is 0. The smallest absolute Gasteiger partial charge is 0.349 e. The van der Waals surface area contributed by atoms with Crippen LogP contribution in [0.15, 0.2) is 49.2 Å². The fourth-order valence-corrected chi connectivity index (χ4v) is 3.64. The molecular formula is C21H17F3N4O2. The normalized spacial score (nSPS) is 13.9. The van der Waals surface area contributed by atoms with E-state index in [4.69, 9.17) is 0 Å². The van der Waals surface area contributed by atoms with Crippen molar-refractivity contribution in [1.82, 2.24) is 15.1 Å². The predicted molar refractivity (Wildman–Crippen MR) is 106 cm³/mol. The Morgan fingerprint density at radius 3 is 2.80 bits per heavy atom. The van der Waals surface area contributed by atoms with E-state index in [9.17, 15) is 22.8 Å². The lowest BCUT2D eigenvalue weighted by atomic mass is 10.0. The average molecular weight is 414 g/mol. The number of amides is 2. The Hall–Kier alpha value is -3.62. The Bertz CT molecular complexity index is 1200. The van der Waals surface area contributed by atoms with Gasteiger partial charge in [-0.3, -0.25) is 9.59 Å². The van der Waals surface area contributed by atoms with Crippen molar-refractivity contribution >= 4 is 28.3 Å². The Kier molecular flexibility index (Phi) is 4.60. The van der Waals surface area contributed by atoms with Crippen molar-refractivity contribution in [3.05, 3.63) is 66.0 Å². The zero-order valence-electron chi connectivity index (χ0n) is 15.9. The van der Waals surface area contributed by atoms with Crippen LogP contribution in [0.25, 0.3) is 16.5 Å². The minimum atomic E-state index is -4.83. The molecule has 0 saturated carbocycles. The summed E-state index contributed by atoms with van der Waals surface area (Å²) in [6, 6.07) is 7.40. The van der Waals surface area contributed by atoms with Crippen LogP contribution >= 0.6 is 0 Å². The van der Waals surface area contributed by atoms with E-state index in [-0.39, 0.29) is 17.6 Å². The molecule has 0 spiro atoms. The van der Waals surface area contributed by atoms with Crippen molar-refractivity contribution in [3.8, 4) is 5.69 Å². The molecule has 0 fully saturated rings. The van der Waals surface area contributed by atoms with Crippen molar-refractivity contribution in [1.29, 1.82) is 0 Å². The van der Waals surface area contributed by atoms with E-state index in [2.05, 4.69) is 22.3 Å². The Labute approximate surface area is 169 Å². The van der Waals surface area contributed by atoms with Crippen LogP contribution in [-0.2, 0) is 6.18 Å². The number of carbonyl (C=O) groups excluding carboxylic acids is 2. The summed E-state index contributed by atoms with van der Waals surface area (Å²) in [6.45, 7) is 5.23. The van der Waals surface area contributed by atoms with Gasteiger partial charge in [0, 0.05) is 28.1 Å². The van der Waals surface area contributed by atoms with Crippen LogP contribution in [0.3, 0.4) is 0 Å². The summed E-state index contributed by atoms with van der Waals surface area (Å²) in [4.78, 5) is 24.6. The first-order valence-corrected chi connectivity index (χ1v) is 9.16. The summed E-state index contributed by atoms with van der Waals surface area (Å²) in [6.07, 6.45) is -1.94. The first kappa shape index (κ1) is 19.7. The molecule has 1 aliphatic rings. The van der Waals surface area contributed by atoms with Gasteiger partial charge < -0.3 is 10.6 Å². The van der Waals surface area contributed by atoms with Gasteiger partial charge in [0.05, 0.1) is 17.4 Å². The maximum atomic E-state index is 14.0. The summed E-state index contributed by atoms with van der Waals surface area (Å²) in [5.41, 5.74) is -0.732. The number of hydrogen-bond acceptors (Lipinski definition) is 3. The number of aromatic nitrogens is 2. The van der Waals surface area contributed by atoms with Crippen molar-refractivity contribution in [2.24, 2.45) is 0 Å². The number of rotatable bonds is 5. The highest BCUT2D eigenvalue weighted by Crippen LogP contribution is 2.39. The number of hydrogen-bond donors (Lipinski definition) is 2. The van der Waals surface area contributed by atoms with E-state index >= 15 is 0 Å². The second kappa shape index (κ2) is 7.01. The molecule has 2 N–H and O–H groups in total. The second-order valence-corrected chi connectivity index (χ2v) is 7.03. The molecule has 1 atom stereocenters. The molecule has 2 amide bonds. The molecule has 0 bridgehead atoms. The van der Waals surface area contributed by atoms with E-state index in [1.54, 1.807) is 31.2 Å². The minimum Gasteiger partial charge on any atom is -0.349 e. The first-order chi connectivity index (χ1) is 14.2. The molecule has 1 aliphatic heterocycles. The van der Waals surface area contributed by atoms with E-state index in [1.807, 2.05) is 0 Å². The van der Waals surface area contributed by atoms with Gasteiger partial charge >= 0.3 is 6.18 Å². The lowest BCUT2D eigenvalue weighted by Gasteiger charge is -2.16. The molecule has 2 aromatic carbocycles. The first-order valence-electron chi connectivity index (χ1n) is 9.16. The van der Waals surface area contributed by atoms with Crippen LogP contribution in [0.4, 0.5) is 18.9 Å². The molecule has 4 rings (SSSR count). The molecule has 1 unspecified atom stereocenters. The molecule has 0 aliphatic carbocycles. The molecule has 1 aromatic heterocycles. The number of anilines is 1. The molecular weight excluding hydrogens is 397 g/mol. The Morgan fingerprint density at radius 1 is 1.33 bits per heavy atom. The third-order valence-corrected chi connectivity index (χ3v) is 4.92. The summed E-state index contributed by atoms with van der Waals surface area (Å²) >= 11 is 0. The largest absolute Gasteiger partial charge is 0.434 e. The third kappa shape index (κ3) is 3.12. The Morgan fingerprint density at radius 2 is 2.10 bits per heavy atom. The quantitative estimate of drug-likeness (QED) is 0.611. The topological polar surface area (TPSA) is 76.0 Å². The maximum Gasteiger partial charge on any atom is 0.434 e. The molecule has 0 saturated heterocycles. The van der Waals surface area contributed by atoms with Gasteiger partial charge in [0.15, 0.2) is 5.69 Å². The highest BCUT2D eigenvalue weighted by molar-refractivity contribution is 6.25. The zero-order valence-corrected chi connectivity index (χ0v) is 15.9. The number of benzene rings is 2. The average Bonchev–Trinajstić information content (AvgIpc) is 3.26. The van der Waals surface area contributed by atoms with Gasteiger partial charge in [-0.1, -0.05) is 18.2 Å². The van der Waals surface area contributed by atoms with Gasteiger partial charge in [-0.25, -0.2) is 4.68 Å². The van der Waals surface area contributed by atoms with Crippen molar-refractivity contribution < 1.29 is 22.8 Å². The molecule has 2 heterocycles. The number of nitrogens with one attached hydrogen (secondary N) is 2. The lowest BCUT2D eigenvalue weighted by Crippen LogP contribution is -2.33. The van der Waals surface area contributed by atoms with Crippen molar-refractivity contribution in [2.45, 2.75) is 25.6 Å². The highest BCUT2D eigenvalue weighted by Gasteiger charge is 2.41. The highest BCUT2D eigenvalue weighted by atomic mass is 19.4. The lowest BCUT2D eigenvalue weighted by molar-refractivity contribution is -0.143. The maximum absolute atomic E-state index is 14.0. The van der Waals surface area contributed by atoms with Crippen molar-refractivity contribution in [2.75, 3.05) is 5.32 Å². The second-order valence-electron chi connectivity index (χ2n) is 7.03. The van der Waals surface area contributed by atoms with Crippen LogP contribution < -0.4 is 10.6 Å². The van der Waals surface area contributed by atoms with Crippen LogP contribution in [0, 0.1) is 0 Å². The van der Waals surface area contributed by atoms with Gasteiger partial charge in [-0.05, 0) is 31.5 Å². The van der Waals surface area contributed by atoms with E-state index < -0.39 is 23.3 Å². The minimum absolute atomic E-state index is 0.123. The van der Waals surface area contributed by atoms with E-state index in [0.29, 0.717) is 33.1 Å². The predicted octanol–water partition coefficient (Wildman–Crippen LogP) is 4.30. The number of halogens is 3. The van der Waals surface area contributed by atoms with Crippen LogP contribution in [0.1, 0.15) is 39.8 Å². The van der Waals surface area contributed by atoms with E-state index in [0.717, 1.165) is 6.20 Å². The zero-order chi connectivity index (χ0) is 21.6. The molecule has 9 heteroatoms. The summed E-state index contributed by atoms with van der Waals surface area (Å²) in [5, 5.41) is 10.0. The van der Waals surface area contributed by atoms with Gasteiger partial charge in [0.1, 0.15) is 0 Å². The number of nitrogens with zero attached hydrogens (tertiary/aromatic N) is 2. The van der Waals surface area contributed by atoms with Crippen LogP contribution in [0.5, 0.6) is 0 Å².